The molecule has 1 N–H and O–H groups in total. The van der Waals surface area contributed by atoms with Crippen LogP contribution in [0.15, 0.2) is 36.4 Å². The highest BCUT2D eigenvalue weighted by atomic mass is 35.5. The molecular formula is C12H7ClF2O. The maximum absolute atomic E-state index is 12.9. The summed E-state index contributed by atoms with van der Waals surface area (Å²) < 4.78 is 25.7. The molecule has 82 valence electrons. The zero-order chi connectivity index (χ0) is 11.7. The van der Waals surface area contributed by atoms with Gasteiger partial charge in [0.2, 0.25) is 0 Å². The van der Waals surface area contributed by atoms with E-state index in [1.54, 1.807) is 0 Å². The second kappa shape index (κ2) is 4.10. The molecule has 0 spiro atoms. The average molecular weight is 241 g/mol. The lowest BCUT2D eigenvalue weighted by atomic mass is 10.0. The standard InChI is InChI=1S/C12H7ClF2O/c13-10-5-7(1-4-11(10)15)9-3-2-8(14)6-12(9)16/h1-6,16H. The smallest absolute Gasteiger partial charge is 0.141 e. The van der Waals surface area contributed by atoms with E-state index in [0.717, 1.165) is 6.07 Å². The van der Waals surface area contributed by atoms with Gasteiger partial charge in [-0.2, -0.15) is 0 Å². The molecule has 0 amide bonds. The Morgan fingerprint density at radius 2 is 1.75 bits per heavy atom. The zero-order valence-electron chi connectivity index (χ0n) is 8.05. The number of hydrogen-bond donors (Lipinski definition) is 1. The summed E-state index contributed by atoms with van der Waals surface area (Å²) in [6, 6.07) is 7.66. The Kier molecular flexibility index (Phi) is 2.79. The van der Waals surface area contributed by atoms with E-state index in [1.807, 2.05) is 0 Å². The molecule has 0 aliphatic rings. The van der Waals surface area contributed by atoms with Gasteiger partial charge in [0.25, 0.3) is 0 Å². The first kappa shape index (κ1) is 10.9. The van der Waals surface area contributed by atoms with Gasteiger partial charge in [-0.05, 0) is 29.8 Å². The van der Waals surface area contributed by atoms with Crippen molar-refractivity contribution in [3.63, 3.8) is 0 Å². The zero-order valence-corrected chi connectivity index (χ0v) is 8.80. The SMILES string of the molecule is Oc1cc(F)ccc1-c1ccc(F)c(Cl)c1. The predicted molar refractivity (Wildman–Crippen MR) is 58.5 cm³/mol. The number of hydrogen-bond acceptors (Lipinski definition) is 1. The Morgan fingerprint density at radius 1 is 1.00 bits per heavy atom. The quantitative estimate of drug-likeness (QED) is 0.799. The molecule has 0 aliphatic heterocycles. The molecule has 16 heavy (non-hydrogen) atoms. The summed E-state index contributed by atoms with van der Waals surface area (Å²) in [6.45, 7) is 0. The van der Waals surface area contributed by atoms with Crippen molar-refractivity contribution >= 4 is 11.6 Å². The fourth-order valence-corrected chi connectivity index (χ4v) is 1.59. The lowest BCUT2D eigenvalue weighted by molar-refractivity contribution is 0.471. The van der Waals surface area contributed by atoms with Crippen LogP contribution in [-0.2, 0) is 0 Å². The molecule has 0 aromatic heterocycles. The lowest BCUT2D eigenvalue weighted by Gasteiger charge is -2.05. The van der Waals surface area contributed by atoms with Gasteiger partial charge in [0.1, 0.15) is 17.4 Å². The van der Waals surface area contributed by atoms with E-state index in [4.69, 9.17) is 11.6 Å². The average Bonchev–Trinajstić information content (AvgIpc) is 2.22. The summed E-state index contributed by atoms with van der Waals surface area (Å²) in [4.78, 5) is 0. The summed E-state index contributed by atoms with van der Waals surface area (Å²) >= 11 is 5.62. The van der Waals surface area contributed by atoms with E-state index in [9.17, 15) is 13.9 Å². The highest BCUT2D eigenvalue weighted by Gasteiger charge is 2.07. The number of aromatic hydroxyl groups is 1. The van der Waals surface area contributed by atoms with Crippen molar-refractivity contribution in [2.45, 2.75) is 0 Å². The van der Waals surface area contributed by atoms with Gasteiger partial charge in [0, 0.05) is 11.6 Å². The van der Waals surface area contributed by atoms with E-state index < -0.39 is 11.6 Å². The van der Waals surface area contributed by atoms with Gasteiger partial charge in [-0.15, -0.1) is 0 Å². The fourth-order valence-electron chi connectivity index (χ4n) is 1.41. The third-order valence-corrected chi connectivity index (χ3v) is 2.48. The molecule has 0 heterocycles. The van der Waals surface area contributed by atoms with Crippen LogP contribution in [-0.4, -0.2) is 5.11 Å². The van der Waals surface area contributed by atoms with E-state index in [-0.39, 0.29) is 10.8 Å². The van der Waals surface area contributed by atoms with Crippen LogP contribution in [0.1, 0.15) is 0 Å². The molecule has 4 heteroatoms. The van der Waals surface area contributed by atoms with Gasteiger partial charge < -0.3 is 5.11 Å². The van der Waals surface area contributed by atoms with Crippen molar-refractivity contribution in [2.75, 3.05) is 0 Å². The second-order valence-electron chi connectivity index (χ2n) is 3.29. The van der Waals surface area contributed by atoms with E-state index >= 15 is 0 Å². The molecule has 0 fully saturated rings. The highest BCUT2D eigenvalue weighted by molar-refractivity contribution is 6.31. The van der Waals surface area contributed by atoms with Crippen molar-refractivity contribution in [1.82, 2.24) is 0 Å². The molecule has 0 aliphatic carbocycles. The lowest BCUT2D eigenvalue weighted by Crippen LogP contribution is -1.83. The van der Waals surface area contributed by atoms with Gasteiger partial charge in [0.15, 0.2) is 0 Å². The van der Waals surface area contributed by atoms with E-state index in [0.29, 0.717) is 11.1 Å². The van der Waals surface area contributed by atoms with Crippen LogP contribution in [0.5, 0.6) is 5.75 Å². The molecule has 0 saturated heterocycles. The third-order valence-electron chi connectivity index (χ3n) is 2.19. The van der Waals surface area contributed by atoms with Crippen LogP contribution in [0.25, 0.3) is 11.1 Å². The normalized spacial score (nSPS) is 10.4. The first-order chi connectivity index (χ1) is 7.58. The van der Waals surface area contributed by atoms with E-state index in [1.165, 1.54) is 30.3 Å². The number of rotatable bonds is 1. The molecule has 1 nitrogen and oxygen atoms in total. The second-order valence-corrected chi connectivity index (χ2v) is 3.70. The van der Waals surface area contributed by atoms with Crippen molar-refractivity contribution in [1.29, 1.82) is 0 Å². The predicted octanol–water partition coefficient (Wildman–Crippen LogP) is 3.99. The first-order valence-corrected chi connectivity index (χ1v) is 4.89. The molecule has 2 aromatic carbocycles. The minimum absolute atomic E-state index is 0.0405. The summed E-state index contributed by atoms with van der Waals surface area (Å²) in [5, 5.41) is 9.49. The first-order valence-electron chi connectivity index (χ1n) is 4.52. The maximum atomic E-state index is 12.9. The Bertz CT molecular complexity index is 541. The Morgan fingerprint density at radius 3 is 2.38 bits per heavy atom. The van der Waals surface area contributed by atoms with Crippen LogP contribution in [0.2, 0.25) is 5.02 Å². The molecular weight excluding hydrogens is 234 g/mol. The third kappa shape index (κ3) is 1.99. The molecule has 0 radical (unpaired) electrons. The van der Waals surface area contributed by atoms with Crippen LogP contribution in [0.4, 0.5) is 8.78 Å². The number of benzene rings is 2. The van der Waals surface area contributed by atoms with Crippen LogP contribution < -0.4 is 0 Å². The largest absolute Gasteiger partial charge is 0.507 e. The van der Waals surface area contributed by atoms with Crippen molar-refractivity contribution in [3.05, 3.63) is 53.1 Å². The molecule has 0 unspecified atom stereocenters. The summed E-state index contributed by atoms with van der Waals surface area (Å²) in [5.74, 6) is -1.27. The van der Waals surface area contributed by atoms with Crippen LogP contribution in [0.3, 0.4) is 0 Å². The fraction of sp³-hybridized carbons (Fsp3) is 0. The Labute approximate surface area is 95.9 Å². The Hall–Kier alpha value is -1.61. The van der Waals surface area contributed by atoms with Gasteiger partial charge in [-0.1, -0.05) is 17.7 Å². The van der Waals surface area contributed by atoms with Gasteiger partial charge >= 0.3 is 0 Å². The van der Waals surface area contributed by atoms with Crippen molar-refractivity contribution < 1.29 is 13.9 Å². The topological polar surface area (TPSA) is 20.2 Å². The van der Waals surface area contributed by atoms with Gasteiger partial charge in [0.05, 0.1) is 5.02 Å². The maximum Gasteiger partial charge on any atom is 0.141 e. The molecule has 0 saturated carbocycles. The van der Waals surface area contributed by atoms with Gasteiger partial charge in [-0.3, -0.25) is 0 Å². The summed E-state index contributed by atoms with van der Waals surface area (Å²) in [5.41, 5.74) is 0.937. The summed E-state index contributed by atoms with van der Waals surface area (Å²) in [6.07, 6.45) is 0. The highest BCUT2D eigenvalue weighted by Crippen LogP contribution is 2.31. The monoisotopic (exact) mass is 240 g/mol. The minimum atomic E-state index is -0.535. The molecule has 2 rings (SSSR count). The van der Waals surface area contributed by atoms with Gasteiger partial charge in [-0.25, -0.2) is 8.78 Å². The van der Waals surface area contributed by atoms with Crippen LogP contribution >= 0.6 is 11.6 Å². The molecule has 0 bridgehead atoms. The Balaban J connectivity index is 2.54. The van der Waals surface area contributed by atoms with E-state index in [2.05, 4.69) is 0 Å². The number of phenols is 1. The van der Waals surface area contributed by atoms with Crippen molar-refractivity contribution in [2.24, 2.45) is 0 Å². The minimum Gasteiger partial charge on any atom is -0.507 e. The molecule has 0 atom stereocenters. The molecule has 2 aromatic rings. The number of phenolic OH excluding ortho intramolecular Hbond substituents is 1. The summed E-state index contributed by atoms with van der Waals surface area (Å²) in [7, 11) is 0. The number of halogens is 3. The van der Waals surface area contributed by atoms with Crippen molar-refractivity contribution in [3.8, 4) is 16.9 Å². The van der Waals surface area contributed by atoms with Crippen LogP contribution in [0, 0.1) is 11.6 Å².